The highest BCUT2D eigenvalue weighted by atomic mass is 16.5. The van der Waals surface area contributed by atoms with Gasteiger partial charge in [-0.05, 0) is 31.9 Å². The number of ether oxygens (including phenoxy) is 2. The predicted octanol–water partition coefficient (Wildman–Crippen LogP) is 3.37. The second kappa shape index (κ2) is 6.82. The maximum Gasteiger partial charge on any atom is 0.322 e. The molecule has 0 aliphatic carbocycles. The summed E-state index contributed by atoms with van der Waals surface area (Å²) in [6.45, 7) is 2.52. The number of hydrogen-bond acceptors (Lipinski definition) is 5. The van der Waals surface area contributed by atoms with Gasteiger partial charge in [0.15, 0.2) is 0 Å². The van der Waals surface area contributed by atoms with Crippen molar-refractivity contribution in [3.63, 3.8) is 0 Å². The molecule has 128 valence electrons. The van der Waals surface area contributed by atoms with Gasteiger partial charge < -0.3 is 24.2 Å². The van der Waals surface area contributed by atoms with Crippen LogP contribution in [-0.2, 0) is 0 Å². The monoisotopic (exact) mass is 331 g/mol. The standard InChI is InChI=1S/C17H21N3O4/c1-11-9-13(19-24-11)15-5-4-8-20(15)17(21)18-14-10-12(22-2)6-7-16(14)23-3/h6-7,9-10,15H,4-5,8H2,1-3H3,(H,18,21)/t15-/m0/s1. The first-order valence-corrected chi connectivity index (χ1v) is 7.85. The van der Waals surface area contributed by atoms with Gasteiger partial charge in [0.1, 0.15) is 23.0 Å². The minimum Gasteiger partial charge on any atom is -0.497 e. The number of nitrogens with zero attached hydrogens (tertiary/aromatic N) is 2. The van der Waals surface area contributed by atoms with Gasteiger partial charge in [0.05, 0.1) is 25.9 Å². The van der Waals surface area contributed by atoms with Gasteiger partial charge in [-0.2, -0.15) is 0 Å². The Bertz CT molecular complexity index is 728. The molecule has 7 nitrogen and oxygen atoms in total. The van der Waals surface area contributed by atoms with Crippen LogP contribution in [0, 0.1) is 6.92 Å². The minimum atomic E-state index is -0.190. The van der Waals surface area contributed by atoms with Gasteiger partial charge in [-0.1, -0.05) is 5.16 Å². The molecule has 1 fully saturated rings. The highest BCUT2D eigenvalue weighted by Crippen LogP contribution is 2.34. The van der Waals surface area contributed by atoms with Crippen LogP contribution in [0.25, 0.3) is 0 Å². The first-order valence-electron chi connectivity index (χ1n) is 7.85. The van der Waals surface area contributed by atoms with E-state index in [1.807, 2.05) is 13.0 Å². The number of hydrogen-bond donors (Lipinski definition) is 1. The molecule has 3 rings (SSSR count). The summed E-state index contributed by atoms with van der Waals surface area (Å²) in [6, 6.07) is 6.90. The van der Waals surface area contributed by atoms with Crippen molar-refractivity contribution in [2.75, 3.05) is 26.1 Å². The molecule has 1 aliphatic rings. The maximum atomic E-state index is 12.7. The van der Waals surface area contributed by atoms with Crippen LogP contribution < -0.4 is 14.8 Å². The minimum absolute atomic E-state index is 0.0703. The van der Waals surface area contributed by atoms with Crippen LogP contribution in [0.4, 0.5) is 10.5 Å². The lowest BCUT2D eigenvalue weighted by Crippen LogP contribution is -2.34. The summed E-state index contributed by atoms with van der Waals surface area (Å²) in [7, 11) is 3.14. The molecule has 1 aromatic heterocycles. The molecule has 1 aliphatic heterocycles. The second-order valence-electron chi connectivity index (χ2n) is 5.71. The van der Waals surface area contributed by atoms with E-state index < -0.39 is 0 Å². The summed E-state index contributed by atoms with van der Waals surface area (Å²) >= 11 is 0. The normalized spacial score (nSPS) is 17.0. The quantitative estimate of drug-likeness (QED) is 0.929. The molecule has 2 aromatic rings. The summed E-state index contributed by atoms with van der Waals surface area (Å²) < 4.78 is 15.7. The molecule has 2 amide bonds. The lowest BCUT2D eigenvalue weighted by atomic mass is 10.1. The van der Waals surface area contributed by atoms with Gasteiger partial charge in [0.2, 0.25) is 0 Å². The molecule has 1 saturated heterocycles. The summed E-state index contributed by atoms with van der Waals surface area (Å²) in [5.74, 6) is 1.97. The number of urea groups is 1. The van der Waals surface area contributed by atoms with Crippen LogP contribution in [0.3, 0.4) is 0 Å². The molecule has 0 spiro atoms. The van der Waals surface area contributed by atoms with Crippen molar-refractivity contribution >= 4 is 11.7 Å². The number of nitrogens with one attached hydrogen (secondary N) is 1. The second-order valence-corrected chi connectivity index (χ2v) is 5.71. The van der Waals surface area contributed by atoms with E-state index in [2.05, 4.69) is 10.5 Å². The molecular formula is C17H21N3O4. The highest BCUT2D eigenvalue weighted by Gasteiger charge is 2.32. The molecule has 1 N–H and O–H groups in total. The third kappa shape index (κ3) is 3.15. The number of methoxy groups -OCH3 is 2. The van der Waals surface area contributed by atoms with Crippen molar-refractivity contribution in [3.8, 4) is 11.5 Å². The number of benzene rings is 1. The van der Waals surface area contributed by atoms with Crippen LogP contribution in [0.15, 0.2) is 28.8 Å². The van der Waals surface area contributed by atoms with Gasteiger partial charge >= 0.3 is 6.03 Å². The summed E-state index contributed by atoms with van der Waals surface area (Å²) in [5, 5.41) is 6.97. The van der Waals surface area contributed by atoms with Crippen LogP contribution in [-0.4, -0.2) is 36.9 Å². The van der Waals surface area contributed by atoms with E-state index in [1.165, 1.54) is 0 Å². The average molecular weight is 331 g/mol. The molecule has 7 heteroatoms. The molecular weight excluding hydrogens is 310 g/mol. The molecule has 0 radical (unpaired) electrons. The van der Waals surface area contributed by atoms with E-state index in [-0.39, 0.29) is 12.1 Å². The Balaban J connectivity index is 1.79. The Morgan fingerprint density at radius 3 is 2.83 bits per heavy atom. The number of aromatic nitrogens is 1. The van der Waals surface area contributed by atoms with Crippen LogP contribution >= 0.6 is 0 Å². The van der Waals surface area contributed by atoms with E-state index in [9.17, 15) is 4.79 Å². The average Bonchev–Trinajstić information content (AvgIpc) is 3.23. The SMILES string of the molecule is COc1ccc(OC)c(NC(=O)N2CCC[C@H]2c2cc(C)on2)c1. The molecule has 1 atom stereocenters. The zero-order valence-corrected chi connectivity index (χ0v) is 14.0. The number of aryl methyl sites for hydroxylation is 1. The van der Waals surface area contributed by atoms with Crippen LogP contribution in [0.1, 0.15) is 30.3 Å². The van der Waals surface area contributed by atoms with Crippen molar-refractivity contribution in [3.05, 3.63) is 35.7 Å². The lowest BCUT2D eigenvalue weighted by Gasteiger charge is -2.24. The van der Waals surface area contributed by atoms with Gasteiger partial charge in [-0.25, -0.2) is 4.79 Å². The predicted molar refractivity (Wildman–Crippen MR) is 88.5 cm³/mol. The Kier molecular flexibility index (Phi) is 4.59. The molecule has 0 bridgehead atoms. The van der Waals surface area contributed by atoms with Crippen LogP contribution in [0.2, 0.25) is 0 Å². The first-order chi connectivity index (χ1) is 11.6. The number of rotatable bonds is 4. The van der Waals surface area contributed by atoms with Gasteiger partial charge in [0.25, 0.3) is 0 Å². The van der Waals surface area contributed by atoms with Crippen molar-refractivity contribution < 1.29 is 18.8 Å². The largest absolute Gasteiger partial charge is 0.497 e. The molecule has 2 heterocycles. The summed E-state index contributed by atoms with van der Waals surface area (Å²) in [5.41, 5.74) is 1.36. The summed E-state index contributed by atoms with van der Waals surface area (Å²) in [4.78, 5) is 14.5. The van der Waals surface area contributed by atoms with Gasteiger partial charge in [-0.3, -0.25) is 0 Å². The highest BCUT2D eigenvalue weighted by molar-refractivity contribution is 5.91. The van der Waals surface area contributed by atoms with E-state index in [0.29, 0.717) is 23.7 Å². The Hall–Kier alpha value is -2.70. The van der Waals surface area contributed by atoms with E-state index in [4.69, 9.17) is 14.0 Å². The fourth-order valence-electron chi connectivity index (χ4n) is 2.96. The van der Waals surface area contributed by atoms with Gasteiger partial charge in [-0.15, -0.1) is 0 Å². The third-order valence-corrected chi connectivity index (χ3v) is 4.15. The van der Waals surface area contributed by atoms with Crippen molar-refractivity contribution in [1.82, 2.24) is 10.1 Å². The van der Waals surface area contributed by atoms with E-state index >= 15 is 0 Å². The number of likely N-dealkylation sites (tertiary alicyclic amines) is 1. The zero-order valence-electron chi connectivity index (χ0n) is 14.0. The number of amides is 2. The van der Waals surface area contributed by atoms with Crippen molar-refractivity contribution in [2.45, 2.75) is 25.8 Å². The molecule has 1 aromatic carbocycles. The van der Waals surface area contributed by atoms with E-state index in [1.54, 1.807) is 37.3 Å². The zero-order chi connectivity index (χ0) is 17.1. The molecule has 24 heavy (non-hydrogen) atoms. The van der Waals surface area contributed by atoms with Crippen LogP contribution in [0.5, 0.6) is 11.5 Å². The fourth-order valence-corrected chi connectivity index (χ4v) is 2.96. The fraction of sp³-hybridized carbons (Fsp3) is 0.412. The van der Waals surface area contributed by atoms with Gasteiger partial charge in [0, 0.05) is 18.7 Å². The smallest absolute Gasteiger partial charge is 0.322 e. The van der Waals surface area contributed by atoms with E-state index in [0.717, 1.165) is 24.3 Å². The Morgan fingerprint density at radius 1 is 1.33 bits per heavy atom. The Labute approximate surface area is 140 Å². The third-order valence-electron chi connectivity index (χ3n) is 4.15. The van der Waals surface area contributed by atoms with Crippen molar-refractivity contribution in [2.24, 2.45) is 0 Å². The topological polar surface area (TPSA) is 76.8 Å². The number of carbonyl (C=O) groups excluding carboxylic acids is 1. The number of anilines is 1. The summed E-state index contributed by atoms with van der Waals surface area (Å²) in [6.07, 6.45) is 1.80. The molecule has 0 saturated carbocycles. The lowest BCUT2D eigenvalue weighted by molar-refractivity contribution is 0.204. The Morgan fingerprint density at radius 2 is 2.17 bits per heavy atom. The first kappa shape index (κ1) is 16.2. The molecule has 0 unspecified atom stereocenters. The van der Waals surface area contributed by atoms with Crippen molar-refractivity contribution in [1.29, 1.82) is 0 Å². The maximum absolute atomic E-state index is 12.7. The number of carbonyl (C=O) groups is 1.